The summed E-state index contributed by atoms with van der Waals surface area (Å²) >= 11 is 1.45. The Kier molecular flexibility index (Phi) is 13.5. The summed E-state index contributed by atoms with van der Waals surface area (Å²) in [5, 5.41) is 11.3. The zero-order chi connectivity index (χ0) is 18.5. The van der Waals surface area contributed by atoms with Crippen LogP contribution in [0.25, 0.3) is 0 Å². The van der Waals surface area contributed by atoms with Crippen LogP contribution in [0.1, 0.15) is 28.9 Å². The maximum atomic E-state index is 11.8. The Bertz CT molecular complexity index is 537. The van der Waals surface area contributed by atoms with Crippen LogP contribution in [-0.2, 0) is 9.47 Å². The molecule has 2 rings (SSSR count). The number of nitrogens with zero attached hydrogens (tertiary/aromatic N) is 1. The summed E-state index contributed by atoms with van der Waals surface area (Å²) in [4.78, 5) is 16.7. The van der Waals surface area contributed by atoms with Gasteiger partial charge in [0.05, 0.1) is 18.1 Å². The van der Waals surface area contributed by atoms with E-state index in [4.69, 9.17) is 9.47 Å². The van der Waals surface area contributed by atoms with Crippen molar-refractivity contribution in [2.75, 3.05) is 53.1 Å². The summed E-state index contributed by atoms with van der Waals surface area (Å²) in [5.74, 6) is 1.34. The third-order valence-corrected chi connectivity index (χ3v) is 4.90. The first-order chi connectivity index (χ1) is 12.8. The van der Waals surface area contributed by atoms with Gasteiger partial charge >= 0.3 is 0 Å². The van der Waals surface area contributed by atoms with Gasteiger partial charge in [0.2, 0.25) is 0 Å². The van der Waals surface area contributed by atoms with E-state index in [9.17, 15) is 4.79 Å². The lowest BCUT2D eigenvalue weighted by Gasteiger charge is -2.12. The highest BCUT2D eigenvalue weighted by Crippen LogP contribution is 2.12. The van der Waals surface area contributed by atoms with Crippen molar-refractivity contribution < 1.29 is 14.3 Å². The second-order valence-electron chi connectivity index (χ2n) is 6.17. The highest BCUT2D eigenvalue weighted by Gasteiger charge is 2.15. The molecule has 1 atom stereocenters. The number of guanidine groups is 1. The van der Waals surface area contributed by atoms with Gasteiger partial charge in [-0.3, -0.25) is 9.79 Å². The molecule has 0 radical (unpaired) electrons. The van der Waals surface area contributed by atoms with E-state index >= 15 is 0 Å². The van der Waals surface area contributed by atoms with Gasteiger partial charge in [-0.1, -0.05) is 6.07 Å². The first kappa shape index (κ1) is 24.1. The van der Waals surface area contributed by atoms with Crippen LogP contribution in [0, 0.1) is 5.92 Å². The number of thiophene rings is 1. The number of carbonyl (C=O) groups excluding carboxylic acids is 1. The summed E-state index contributed by atoms with van der Waals surface area (Å²) in [6.45, 7) is 5.45. The molecule has 1 fully saturated rings. The second-order valence-corrected chi connectivity index (χ2v) is 7.12. The topological polar surface area (TPSA) is 84.0 Å². The van der Waals surface area contributed by atoms with Gasteiger partial charge in [-0.2, -0.15) is 0 Å². The molecular weight excluding hydrogens is 479 g/mol. The van der Waals surface area contributed by atoms with Crippen LogP contribution in [0.5, 0.6) is 0 Å². The molecule has 7 nitrogen and oxygen atoms in total. The monoisotopic (exact) mass is 510 g/mol. The van der Waals surface area contributed by atoms with Gasteiger partial charge in [-0.05, 0) is 30.7 Å². The first-order valence-corrected chi connectivity index (χ1v) is 10.1. The lowest BCUT2D eigenvalue weighted by atomic mass is 10.1. The molecule has 1 aromatic rings. The van der Waals surface area contributed by atoms with E-state index < -0.39 is 0 Å². The molecule has 0 bridgehead atoms. The number of hydrogen-bond acceptors (Lipinski definition) is 5. The van der Waals surface area contributed by atoms with Crippen molar-refractivity contribution in [3.8, 4) is 0 Å². The van der Waals surface area contributed by atoms with Crippen LogP contribution in [-0.4, -0.2) is 65.0 Å². The SMILES string of the molecule is CN=C(NCCCNC(=O)c1cccs1)NCCCOCC1CCOC1.I. The molecule has 1 unspecified atom stereocenters. The maximum absolute atomic E-state index is 11.8. The highest BCUT2D eigenvalue weighted by atomic mass is 127. The summed E-state index contributed by atoms with van der Waals surface area (Å²) < 4.78 is 11.0. The number of rotatable bonds is 11. The fourth-order valence-corrected chi connectivity index (χ4v) is 3.20. The van der Waals surface area contributed by atoms with Crippen LogP contribution in [0.15, 0.2) is 22.5 Å². The van der Waals surface area contributed by atoms with E-state index in [1.807, 2.05) is 17.5 Å². The van der Waals surface area contributed by atoms with Gasteiger partial charge < -0.3 is 25.4 Å². The summed E-state index contributed by atoms with van der Waals surface area (Å²) in [6.07, 6.45) is 2.89. The van der Waals surface area contributed by atoms with E-state index in [0.29, 0.717) is 12.5 Å². The molecule has 0 aliphatic carbocycles. The van der Waals surface area contributed by atoms with Crippen molar-refractivity contribution >= 4 is 47.2 Å². The van der Waals surface area contributed by atoms with Crippen molar-refractivity contribution in [3.05, 3.63) is 22.4 Å². The Morgan fingerprint density at radius 3 is 2.74 bits per heavy atom. The molecule has 1 aromatic heterocycles. The molecule has 0 saturated carbocycles. The largest absolute Gasteiger partial charge is 0.381 e. The molecule has 9 heteroatoms. The van der Waals surface area contributed by atoms with Gasteiger partial charge in [0.15, 0.2) is 5.96 Å². The van der Waals surface area contributed by atoms with Crippen LogP contribution >= 0.6 is 35.3 Å². The summed E-state index contributed by atoms with van der Waals surface area (Å²) in [7, 11) is 1.75. The summed E-state index contributed by atoms with van der Waals surface area (Å²) in [5.41, 5.74) is 0. The molecular formula is C18H31IN4O3S. The van der Waals surface area contributed by atoms with Crippen LogP contribution in [0.4, 0.5) is 0 Å². The Labute approximate surface area is 182 Å². The third kappa shape index (κ3) is 10.3. The van der Waals surface area contributed by atoms with E-state index in [1.54, 1.807) is 7.05 Å². The fraction of sp³-hybridized carbons (Fsp3) is 0.667. The van der Waals surface area contributed by atoms with E-state index in [1.165, 1.54) is 11.3 Å². The minimum absolute atomic E-state index is 0. The second kappa shape index (κ2) is 15.1. The van der Waals surface area contributed by atoms with Gasteiger partial charge in [0, 0.05) is 45.8 Å². The minimum Gasteiger partial charge on any atom is -0.381 e. The van der Waals surface area contributed by atoms with Gasteiger partial charge in [-0.25, -0.2) is 0 Å². The first-order valence-electron chi connectivity index (χ1n) is 9.21. The number of amides is 1. The third-order valence-electron chi connectivity index (χ3n) is 4.04. The van der Waals surface area contributed by atoms with E-state index in [-0.39, 0.29) is 29.9 Å². The van der Waals surface area contributed by atoms with Crippen molar-refractivity contribution in [3.63, 3.8) is 0 Å². The number of carbonyl (C=O) groups is 1. The minimum atomic E-state index is -0.00771. The highest BCUT2D eigenvalue weighted by molar-refractivity contribution is 14.0. The van der Waals surface area contributed by atoms with E-state index in [0.717, 1.165) is 69.6 Å². The number of ether oxygens (including phenoxy) is 2. The Balaban J connectivity index is 0.00000364. The molecule has 1 aliphatic heterocycles. The zero-order valence-corrected chi connectivity index (χ0v) is 19.0. The Hall–Kier alpha value is -0.910. The number of nitrogens with one attached hydrogen (secondary N) is 3. The van der Waals surface area contributed by atoms with Gasteiger partial charge in [-0.15, -0.1) is 35.3 Å². The average molecular weight is 510 g/mol. The standard InChI is InChI=1S/C18H30N4O3S.HI/c1-19-18(22-9-4-10-24-13-15-6-11-25-14-15)21-8-3-7-20-17(23)16-5-2-12-26-16;/h2,5,12,15H,3-4,6-11,13-14H2,1H3,(H,20,23)(H2,19,21,22);1H. The Morgan fingerprint density at radius 2 is 2.07 bits per heavy atom. The number of aliphatic imine (C=N–C) groups is 1. The molecule has 154 valence electrons. The fourth-order valence-electron chi connectivity index (χ4n) is 2.56. The molecule has 0 aromatic carbocycles. The predicted octanol–water partition coefficient (Wildman–Crippen LogP) is 2.09. The lowest BCUT2D eigenvalue weighted by molar-refractivity contribution is 0.0888. The van der Waals surface area contributed by atoms with Crippen molar-refractivity contribution in [2.45, 2.75) is 19.3 Å². The normalized spacial score (nSPS) is 16.6. The van der Waals surface area contributed by atoms with Crippen molar-refractivity contribution in [1.29, 1.82) is 0 Å². The quantitative estimate of drug-likeness (QED) is 0.184. The summed E-state index contributed by atoms with van der Waals surface area (Å²) in [6, 6.07) is 3.71. The average Bonchev–Trinajstić information content (AvgIpc) is 3.36. The molecule has 2 heterocycles. The Morgan fingerprint density at radius 1 is 1.30 bits per heavy atom. The zero-order valence-electron chi connectivity index (χ0n) is 15.9. The molecule has 1 aliphatic rings. The van der Waals surface area contributed by atoms with Gasteiger partial charge in [0.1, 0.15) is 0 Å². The molecule has 3 N–H and O–H groups in total. The molecule has 0 spiro atoms. The van der Waals surface area contributed by atoms with Crippen molar-refractivity contribution in [2.24, 2.45) is 10.9 Å². The van der Waals surface area contributed by atoms with Crippen molar-refractivity contribution in [1.82, 2.24) is 16.0 Å². The predicted molar refractivity (Wildman–Crippen MR) is 120 cm³/mol. The number of hydrogen-bond donors (Lipinski definition) is 3. The number of halogens is 1. The van der Waals surface area contributed by atoms with Gasteiger partial charge in [0.25, 0.3) is 5.91 Å². The lowest BCUT2D eigenvalue weighted by Crippen LogP contribution is -2.39. The van der Waals surface area contributed by atoms with Crippen LogP contribution < -0.4 is 16.0 Å². The van der Waals surface area contributed by atoms with E-state index in [2.05, 4.69) is 20.9 Å². The van der Waals surface area contributed by atoms with Crippen LogP contribution in [0.2, 0.25) is 0 Å². The molecule has 1 saturated heterocycles. The maximum Gasteiger partial charge on any atom is 0.261 e. The molecule has 27 heavy (non-hydrogen) atoms. The smallest absolute Gasteiger partial charge is 0.261 e. The van der Waals surface area contributed by atoms with Crippen LogP contribution in [0.3, 0.4) is 0 Å². The molecule has 1 amide bonds.